The number of hydrogen-bond donors (Lipinski definition) is 1. The number of hydrogen-bond acceptors (Lipinski definition) is 8. The Hall–Kier alpha value is -1.68. The van der Waals surface area contributed by atoms with Crippen molar-refractivity contribution in [3.05, 3.63) is 57.8 Å². The highest BCUT2D eigenvalue weighted by atomic mass is 32.2. The molecule has 2 heterocycles. The molecule has 2 aromatic heterocycles. The number of thiophene rings is 1. The van der Waals surface area contributed by atoms with Gasteiger partial charge in [0.25, 0.3) is 5.91 Å². The topological polar surface area (TPSA) is 67.2 Å². The standard InChI is InChI=1S/C17H16N4OS4/c1-12-7-8-14(25-12)9-18-19-15(22)11-24-17-21-20-16(26-17)23-10-13-5-3-2-4-6-13/h2-9H,10-11H2,1H3,(H,19,22)/b18-9-. The predicted octanol–water partition coefficient (Wildman–Crippen LogP) is 4.44. The van der Waals surface area contributed by atoms with E-state index in [2.05, 4.69) is 32.9 Å². The summed E-state index contributed by atoms with van der Waals surface area (Å²) < 4.78 is 1.69. The van der Waals surface area contributed by atoms with Crippen molar-refractivity contribution in [3.8, 4) is 0 Å². The third-order valence-electron chi connectivity index (χ3n) is 3.06. The van der Waals surface area contributed by atoms with Gasteiger partial charge in [0.15, 0.2) is 8.68 Å². The van der Waals surface area contributed by atoms with E-state index in [1.165, 1.54) is 33.5 Å². The molecule has 5 nitrogen and oxygen atoms in total. The largest absolute Gasteiger partial charge is 0.272 e. The number of hydrazone groups is 1. The number of thioether (sulfide) groups is 2. The van der Waals surface area contributed by atoms with Crippen LogP contribution in [0.4, 0.5) is 0 Å². The Balaban J connectivity index is 1.40. The number of nitrogens with one attached hydrogen (secondary N) is 1. The molecule has 1 aromatic carbocycles. The highest BCUT2D eigenvalue weighted by Crippen LogP contribution is 2.30. The summed E-state index contributed by atoms with van der Waals surface area (Å²) in [6.45, 7) is 2.03. The van der Waals surface area contributed by atoms with Crippen molar-refractivity contribution in [2.45, 2.75) is 21.4 Å². The molecule has 0 atom stereocenters. The van der Waals surface area contributed by atoms with E-state index in [4.69, 9.17) is 0 Å². The number of nitrogens with zero attached hydrogens (tertiary/aromatic N) is 3. The average Bonchev–Trinajstić information content (AvgIpc) is 3.28. The molecule has 0 aliphatic heterocycles. The molecule has 3 aromatic rings. The Morgan fingerprint density at radius 3 is 2.62 bits per heavy atom. The minimum Gasteiger partial charge on any atom is -0.272 e. The third kappa shape index (κ3) is 6.24. The lowest BCUT2D eigenvalue weighted by Crippen LogP contribution is -2.19. The number of aryl methyl sites for hydroxylation is 1. The van der Waals surface area contributed by atoms with Crippen LogP contribution in [0.1, 0.15) is 15.3 Å². The molecule has 0 bridgehead atoms. The van der Waals surface area contributed by atoms with E-state index in [0.29, 0.717) is 0 Å². The summed E-state index contributed by atoms with van der Waals surface area (Å²) in [4.78, 5) is 14.1. The molecule has 134 valence electrons. The van der Waals surface area contributed by atoms with Crippen LogP contribution in [0.15, 0.2) is 56.2 Å². The van der Waals surface area contributed by atoms with Gasteiger partial charge in [0.2, 0.25) is 0 Å². The summed E-state index contributed by atoms with van der Waals surface area (Å²) in [6, 6.07) is 14.2. The first-order chi connectivity index (χ1) is 12.7. The van der Waals surface area contributed by atoms with Crippen LogP contribution in [0.3, 0.4) is 0 Å². The van der Waals surface area contributed by atoms with Crippen molar-refractivity contribution in [3.63, 3.8) is 0 Å². The quantitative estimate of drug-likeness (QED) is 0.331. The number of carbonyl (C=O) groups is 1. The highest BCUT2D eigenvalue weighted by Gasteiger charge is 2.08. The number of amides is 1. The lowest BCUT2D eigenvalue weighted by atomic mass is 10.2. The Kier molecular flexibility index (Phi) is 7.24. The molecule has 3 rings (SSSR count). The summed E-state index contributed by atoms with van der Waals surface area (Å²) in [5.74, 6) is 0.962. The van der Waals surface area contributed by atoms with Gasteiger partial charge < -0.3 is 0 Å². The zero-order valence-electron chi connectivity index (χ0n) is 13.9. The molecule has 1 N–H and O–H groups in total. The molecule has 26 heavy (non-hydrogen) atoms. The van der Waals surface area contributed by atoms with Crippen molar-refractivity contribution in [2.75, 3.05) is 5.75 Å². The van der Waals surface area contributed by atoms with Crippen LogP contribution in [0, 0.1) is 6.92 Å². The van der Waals surface area contributed by atoms with Crippen LogP contribution in [0.2, 0.25) is 0 Å². The Labute approximate surface area is 168 Å². The van der Waals surface area contributed by atoms with E-state index in [9.17, 15) is 4.79 Å². The maximum Gasteiger partial charge on any atom is 0.250 e. The van der Waals surface area contributed by atoms with Crippen LogP contribution in [-0.4, -0.2) is 28.1 Å². The number of aromatic nitrogens is 2. The molecular formula is C17H16N4OS4. The van der Waals surface area contributed by atoms with E-state index >= 15 is 0 Å². The monoisotopic (exact) mass is 420 g/mol. The second kappa shape index (κ2) is 9.86. The van der Waals surface area contributed by atoms with Gasteiger partial charge in [-0.1, -0.05) is 65.2 Å². The second-order valence-electron chi connectivity index (χ2n) is 5.14. The number of carbonyl (C=O) groups excluding carboxylic acids is 1. The van der Waals surface area contributed by atoms with Crippen molar-refractivity contribution in [1.82, 2.24) is 15.6 Å². The van der Waals surface area contributed by atoms with Gasteiger partial charge in [-0.15, -0.1) is 21.5 Å². The van der Waals surface area contributed by atoms with Crippen molar-refractivity contribution in [1.29, 1.82) is 0 Å². The van der Waals surface area contributed by atoms with Gasteiger partial charge in [-0.3, -0.25) is 4.79 Å². The number of rotatable bonds is 8. The molecular weight excluding hydrogens is 404 g/mol. The van der Waals surface area contributed by atoms with E-state index < -0.39 is 0 Å². The molecule has 0 spiro atoms. The first kappa shape index (κ1) is 19.1. The van der Waals surface area contributed by atoms with E-state index in [1.807, 2.05) is 37.3 Å². The SMILES string of the molecule is Cc1ccc(/C=N\NC(=O)CSc2nnc(SCc3ccccc3)s2)s1. The zero-order chi connectivity index (χ0) is 18.2. The number of benzene rings is 1. The predicted molar refractivity (Wildman–Crippen MR) is 111 cm³/mol. The van der Waals surface area contributed by atoms with Gasteiger partial charge >= 0.3 is 0 Å². The lowest BCUT2D eigenvalue weighted by molar-refractivity contribution is -0.118. The minimum absolute atomic E-state index is 0.159. The smallest absolute Gasteiger partial charge is 0.250 e. The molecule has 1 amide bonds. The van der Waals surface area contributed by atoms with Crippen LogP contribution in [0.25, 0.3) is 0 Å². The van der Waals surface area contributed by atoms with Gasteiger partial charge in [0.05, 0.1) is 12.0 Å². The summed E-state index contributed by atoms with van der Waals surface area (Å²) in [6.07, 6.45) is 1.66. The van der Waals surface area contributed by atoms with E-state index in [0.717, 1.165) is 19.3 Å². The molecule has 0 fully saturated rings. The highest BCUT2D eigenvalue weighted by molar-refractivity contribution is 8.03. The molecule has 9 heteroatoms. The zero-order valence-corrected chi connectivity index (χ0v) is 17.2. The first-order valence-corrected chi connectivity index (χ1v) is 11.3. The van der Waals surface area contributed by atoms with Gasteiger partial charge in [-0.05, 0) is 24.6 Å². The van der Waals surface area contributed by atoms with Crippen LogP contribution < -0.4 is 5.43 Å². The maximum atomic E-state index is 11.8. The Bertz CT molecular complexity index is 876. The summed E-state index contributed by atoms with van der Waals surface area (Å²) in [7, 11) is 0. The van der Waals surface area contributed by atoms with Gasteiger partial charge in [0, 0.05) is 15.5 Å². The second-order valence-corrected chi connectivity index (χ2v) is 9.88. The fraction of sp³-hybridized carbons (Fsp3) is 0.176. The maximum absolute atomic E-state index is 11.8. The fourth-order valence-corrected chi connectivity index (χ4v) is 5.40. The fourth-order valence-electron chi connectivity index (χ4n) is 1.88. The van der Waals surface area contributed by atoms with Crippen LogP contribution in [0.5, 0.6) is 0 Å². The normalized spacial score (nSPS) is 11.1. The van der Waals surface area contributed by atoms with E-state index in [1.54, 1.807) is 29.3 Å². The molecule has 0 saturated carbocycles. The van der Waals surface area contributed by atoms with E-state index in [-0.39, 0.29) is 11.7 Å². The average molecular weight is 421 g/mol. The summed E-state index contributed by atoms with van der Waals surface area (Å²) in [5.41, 5.74) is 3.78. The van der Waals surface area contributed by atoms with Gasteiger partial charge in [-0.2, -0.15) is 5.10 Å². The minimum atomic E-state index is -0.159. The van der Waals surface area contributed by atoms with Gasteiger partial charge in [0.1, 0.15) is 0 Å². The Morgan fingerprint density at radius 2 is 1.88 bits per heavy atom. The van der Waals surface area contributed by atoms with Crippen molar-refractivity contribution >= 4 is 58.3 Å². The molecule has 0 unspecified atom stereocenters. The van der Waals surface area contributed by atoms with Crippen LogP contribution in [-0.2, 0) is 10.5 Å². The summed E-state index contributed by atoms with van der Waals surface area (Å²) in [5, 5.41) is 12.3. The first-order valence-electron chi connectivity index (χ1n) is 7.70. The lowest BCUT2D eigenvalue weighted by Gasteiger charge is -1.97. The van der Waals surface area contributed by atoms with Gasteiger partial charge in [-0.25, -0.2) is 5.43 Å². The Morgan fingerprint density at radius 1 is 1.12 bits per heavy atom. The van der Waals surface area contributed by atoms with Crippen molar-refractivity contribution < 1.29 is 4.79 Å². The summed E-state index contributed by atoms with van der Waals surface area (Å²) >= 11 is 6.16. The molecule has 0 aliphatic rings. The molecule has 0 aliphatic carbocycles. The molecule has 0 radical (unpaired) electrons. The molecule has 0 saturated heterocycles. The third-order valence-corrected chi connectivity index (χ3v) is 7.26. The van der Waals surface area contributed by atoms with Crippen molar-refractivity contribution in [2.24, 2.45) is 5.10 Å². The van der Waals surface area contributed by atoms with Crippen LogP contribution >= 0.6 is 46.2 Å².